The Morgan fingerprint density at radius 3 is 3.10 bits per heavy atom. The number of amides is 1. The molecule has 3 N–H and O–H groups in total. The van der Waals surface area contributed by atoms with Gasteiger partial charge in [-0.2, -0.15) is 5.10 Å². The minimum Gasteiger partial charge on any atom is -0.353 e. The van der Waals surface area contributed by atoms with Crippen molar-refractivity contribution >= 4 is 28.2 Å². The van der Waals surface area contributed by atoms with Gasteiger partial charge in [-0.1, -0.05) is 6.58 Å². The van der Waals surface area contributed by atoms with Gasteiger partial charge in [0.1, 0.15) is 0 Å². The Bertz CT molecular complexity index is 700. The van der Waals surface area contributed by atoms with E-state index in [0.29, 0.717) is 5.69 Å². The molecule has 6 nitrogen and oxygen atoms in total. The third kappa shape index (κ3) is 2.71. The molecule has 1 unspecified atom stereocenters. The molecule has 1 amide bonds. The normalized spacial score (nSPS) is 18.0. The minimum absolute atomic E-state index is 0.188. The van der Waals surface area contributed by atoms with Gasteiger partial charge in [-0.3, -0.25) is 4.79 Å². The molecule has 0 saturated carbocycles. The summed E-state index contributed by atoms with van der Waals surface area (Å²) in [6.45, 7) is 5.13. The summed E-state index contributed by atoms with van der Waals surface area (Å²) in [5, 5.41) is 13.0. The molecule has 1 aromatic carbocycles. The summed E-state index contributed by atoms with van der Waals surface area (Å²) in [5.74, 6) is 0.615. The fourth-order valence-corrected chi connectivity index (χ4v) is 2.56. The molecule has 2 aromatic rings. The third-order valence-corrected chi connectivity index (χ3v) is 3.62. The van der Waals surface area contributed by atoms with E-state index in [4.69, 9.17) is 5.73 Å². The number of carbonyl (C=O) groups excluding carboxylic acids is 1. The van der Waals surface area contributed by atoms with Crippen LogP contribution in [0, 0.1) is 0 Å². The number of rotatable bonds is 3. The number of aromatic nitrogens is 2. The number of nitrogens with zero attached hydrogens (tertiary/aromatic N) is 3. The molecule has 0 bridgehead atoms. The van der Waals surface area contributed by atoms with E-state index < -0.39 is 0 Å². The summed E-state index contributed by atoms with van der Waals surface area (Å²) in [6, 6.07) is 5.87. The largest absolute Gasteiger partial charge is 0.353 e. The van der Waals surface area contributed by atoms with Gasteiger partial charge in [-0.15, -0.1) is 5.10 Å². The molecule has 3 rings (SSSR count). The SMILES string of the molecule is C=CC(=O)Nc1ccc2c(N3CCC(N)C3)nncc2c1. The number of hydrogen-bond acceptors (Lipinski definition) is 5. The van der Waals surface area contributed by atoms with Crippen molar-refractivity contribution in [1.29, 1.82) is 0 Å². The highest BCUT2D eigenvalue weighted by Gasteiger charge is 2.22. The van der Waals surface area contributed by atoms with Gasteiger partial charge in [-0.25, -0.2) is 0 Å². The van der Waals surface area contributed by atoms with Crippen molar-refractivity contribution in [2.75, 3.05) is 23.3 Å². The standard InChI is InChI=1S/C15H17N5O/c1-2-14(21)18-12-3-4-13-10(7-12)8-17-19-15(13)20-6-5-11(16)9-20/h2-4,7-8,11H,1,5-6,9,16H2,(H,18,21). The Labute approximate surface area is 122 Å². The van der Waals surface area contributed by atoms with Crippen LogP contribution < -0.4 is 16.0 Å². The van der Waals surface area contributed by atoms with Crippen LogP contribution in [0.1, 0.15) is 6.42 Å². The Kier molecular flexibility index (Phi) is 3.53. The molecule has 1 fully saturated rings. The van der Waals surface area contributed by atoms with Crippen molar-refractivity contribution in [2.24, 2.45) is 5.73 Å². The second-order valence-electron chi connectivity index (χ2n) is 5.16. The summed E-state index contributed by atoms with van der Waals surface area (Å²) in [6.07, 6.45) is 3.90. The van der Waals surface area contributed by atoms with Gasteiger partial charge in [0.15, 0.2) is 5.82 Å². The van der Waals surface area contributed by atoms with E-state index in [9.17, 15) is 4.79 Å². The fourth-order valence-electron chi connectivity index (χ4n) is 2.56. The lowest BCUT2D eigenvalue weighted by molar-refractivity contribution is -0.111. The molecule has 1 aromatic heterocycles. The van der Waals surface area contributed by atoms with Gasteiger partial charge in [0, 0.05) is 35.6 Å². The van der Waals surface area contributed by atoms with Crippen LogP contribution in [0.5, 0.6) is 0 Å². The molecule has 0 radical (unpaired) electrons. The van der Waals surface area contributed by atoms with Crippen LogP contribution in [0.25, 0.3) is 10.8 Å². The van der Waals surface area contributed by atoms with Gasteiger partial charge in [0.05, 0.1) is 6.20 Å². The van der Waals surface area contributed by atoms with E-state index in [1.54, 1.807) is 6.20 Å². The Balaban J connectivity index is 1.96. The maximum Gasteiger partial charge on any atom is 0.247 e. The zero-order valence-corrected chi connectivity index (χ0v) is 11.6. The molecular formula is C15H17N5O. The molecule has 108 valence electrons. The average Bonchev–Trinajstić information content (AvgIpc) is 2.92. The van der Waals surface area contributed by atoms with Crippen molar-refractivity contribution in [2.45, 2.75) is 12.5 Å². The quantitative estimate of drug-likeness (QED) is 0.829. The van der Waals surface area contributed by atoms with Crippen LogP contribution >= 0.6 is 0 Å². The number of benzene rings is 1. The van der Waals surface area contributed by atoms with Crippen molar-refractivity contribution < 1.29 is 4.79 Å². The van der Waals surface area contributed by atoms with E-state index in [1.165, 1.54) is 6.08 Å². The number of nitrogens with one attached hydrogen (secondary N) is 1. The molecular weight excluding hydrogens is 266 g/mol. The van der Waals surface area contributed by atoms with Crippen molar-refractivity contribution in [1.82, 2.24) is 10.2 Å². The van der Waals surface area contributed by atoms with Crippen LogP contribution in [0.4, 0.5) is 11.5 Å². The molecule has 0 aliphatic carbocycles. The van der Waals surface area contributed by atoms with Gasteiger partial charge in [-0.05, 0) is 30.7 Å². The minimum atomic E-state index is -0.234. The molecule has 0 spiro atoms. The van der Waals surface area contributed by atoms with Gasteiger partial charge >= 0.3 is 0 Å². The zero-order chi connectivity index (χ0) is 14.8. The Hall–Kier alpha value is -2.47. The highest BCUT2D eigenvalue weighted by molar-refractivity contribution is 6.01. The van der Waals surface area contributed by atoms with E-state index in [0.717, 1.165) is 36.1 Å². The maximum absolute atomic E-state index is 11.4. The molecule has 6 heteroatoms. The molecule has 2 heterocycles. The number of fused-ring (bicyclic) bond motifs is 1. The number of anilines is 2. The van der Waals surface area contributed by atoms with E-state index in [1.807, 2.05) is 18.2 Å². The van der Waals surface area contributed by atoms with Gasteiger partial charge < -0.3 is 16.0 Å². The Morgan fingerprint density at radius 1 is 1.52 bits per heavy atom. The molecule has 1 aliphatic rings. The predicted molar refractivity (Wildman–Crippen MR) is 83.2 cm³/mol. The van der Waals surface area contributed by atoms with Crippen LogP contribution in [0.2, 0.25) is 0 Å². The van der Waals surface area contributed by atoms with Crippen LogP contribution in [-0.2, 0) is 4.79 Å². The highest BCUT2D eigenvalue weighted by Crippen LogP contribution is 2.28. The van der Waals surface area contributed by atoms with Crippen LogP contribution in [0.15, 0.2) is 37.1 Å². The van der Waals surface area contributed by atoms with Gasteiger partial charge in [0.25, 0.3) is 0 Å². The summed E-state index contributed by atoms with van der Waals surface area (Å²) in [7, 11) is 0. The second kappa shape index (κ2) is 5.49. The summed E-state index contributed by atoms with van der Waals surface area (Å²) in [4.78, 5) is 13.5. The molecule has 1 atom stereocenters. The predicted octanol–water partition coefficient (Wildman–Crippen LogP) is 1.29. The van der Waals surface area contributed by atoms with E-state index in [2.05, 4.69) is 27.0 Å². The summed E-state index contributed by atoms with van der Waals surface area (Å²) >= 11 is 0. The maximum atomic E-state index is 11.4. The summed E-state index contributed by atoms with van der Waals surface area (Å²) < 4.78 is 0. The smallest absolute Gasteiger partial charge is 0.247 e. The first kappa shape index (κ1) is 13.5. The van der Waals surface area contributed by atoms with Crippen LogP contribution in [-0.4, -0.2) is 35.2 Å². The molecule has 21 heavy (non-hydrogen) atoms. The molecule has 1 aliphatic heterocycles. The Morgan fingerprint density at radius 2 is 2.38 bits per heavy atom. The van der Waals surface area contributed by atoms with Crippen LogP contribution in [0.3, 0.4) is 0 Å². The first-order valence-corrected chi connectivity index (χ1v) is 6.87. The number of hydrogen-bond donors (Lipinski definition) is 2. The summed E-state index contributed by atoms with van der Waals surface area (Å²) in [5.41, 5.74) is 6.67. The van der Waals surface area contributed by atoms with Crippen molar-refractivity contribution in [3.63, 3.8) is 0 Å². The topological polar surface area (TPSA) is 84.1 Å². The van der Waals surface area contributed by atoms with Crippen molar-refractivity contribution in [3.8, 4) is 0 Å². The van der Waals surface area contributed by atoms with E-state index in [-0.39, 0.29) is 11.9 Å². The van der Waals surface area contributed by atoms with Crippen molar-refractivity contribution in [3.05, 3.63) is 37.1 Å². The van der Waals surface area contributed by atoms with Gasteiger partial charge in [0.2, 0.25) is 5.91 Å². The average molecular weight is 283 g/mol. The number of carbonyl (C=O) groups is 1. The first-order chi connectivity index (χ1) is 10.2. The fraction of sp³-hybridized carbons (Fsp3) is 0.267. The third-order valence-electron chi connectivity index (χ3n) is 3.62. The highest BCUT2D eigenvalue weighted by atomic mass is 16.1. The zero-order valence-electron chi connectivity index (χ0n) is 11.6. The van der Waals surface area contributed by atoms with E-state index >= 15 is 0 Å². The second-order valence-corrected chi connectivity index (χ2v) is 5.16. The lowest BCUT2D eigenvalue weighted by atomic mass is 10.1. The number of nitrogens with two attached hydrogens (primary N) is 1. The monoisotopic (exact) mass is 283 g/mol. The molecule has 1 saturated heterocycles. The first-order valence-electron chi connectivity index (χ1n) is 6.87. The lowest BCUT2D eigenvalue weighted by Gasteiger charge is -2.18. The lowest BCUT2D eigenvalue weighted by Crippen LogP contribution is -2.27.